The van der Waals surface area contributed by atoms with E-state index in [4.69, 9.17) is 16.0 Å². The number of halogens is 1. The number of nitrogens with one attached hydrogen (secondary N) is 1. The fraction of sp³-hybridized carbons (Fsp3) is 0.200. The predicted octanol–water partition coefficient (Wildman–Crippen LogP) is 3.06. The molecule has 0 fully saturated rings. The minimum atomic E-state index is 0.432. The molecule has 2 aromatic heterocycles. The molecule has 0 aliphatic rings. The highest BCUT2D eigenvalue weighted by molar-refractivity contribution is 7.98. The number of hydrogen-bond acceptors (Lipinski definition) is 5. The Balaban J connectivity index is 2.06. The van der Waals surface area contributed by atoms with E-state index in [-0.39, 0.29) is 0 Å². The molecule has 1 N–H and O–H groups in total. The lowest BCUT2D eigenvalue weighted by atomic mass is 10.4. The van der Waals surface area contributed by atoms with Crippen LogP contribution in [0.15, 0.2) is 34.0 Å². The molecule has 0 aliphatic carbocycles. The molecule has 0 radical (unpaired) electrons. The number of aromatic nitrogens is 2. The van der Waals surface area contributed by atoms with Gasteiger partial charge < -0.3 is 9.73 Å². The first-order valence-corrected chi connectivity index (χ1v) is 6.23. The van der Waals surface area contributed by atoms with Crippen molar-refractivity contribution in [2.45, 2.75) is 11.7 Å². The van der Waals surface area contributed by atoms with Gasteiger partial charge in [-0.15, -0.1) is 0 Å². The lowest BCUT2D eigenvalue weighted by Gasteiger charge is -2.05. The molecule has 4 nitrogen and oxygen atoms in total. The molecule has 6 heteroatoms. The molecule has 0 aliphatic heterocycles. The summed E-state index contributed by atoms with van der Waals surface area (Å²) in [6, 6.07) is 5.42. The SMILES string of the molecule is CSc1nc(Cl)cc(NCc2ccco2)n1. The van der Waals surface area contributed by atoms with Crippen LogP contribution in [0.5, 0.6) is 0 Å². The number of hydrogen-bond donors (Lipinski definition) is 1. The molecule has 2 aromatic rings. The lowest BCUT2D eigenvalue weighted by molar-refractivity contribution is 0.517. The Morgan fingerprint density at radius 1 is 1.50 bits per heavy atom. The first-order valence-electron chi connectivity index (χ1n) is 4.63. The molecule has 16 heavy (non-hydrogen) atoms. The van der Waals surface area contributed by atoms with Crippen molar-refractivity contribution in [1.29, 1.82) is 0 Å². The maximum absolute atomic E-state index is 5.86. The number of nitrogens with zero attached hydrogens (tertiary/aromatic N) is 2. The molecule has 2 rings (SSSR count). The summed E-state index contributed by atoms with van der Waals surface area (Å²) >= 11 is 7.31. The van der Waals surface area contributed by atoms with Crippen molar-refractivity contribution in [3.8, 4) is 0 Å². The monoisotopic (exact) mass is 255 g/mol. The second kappa shape index (κ2) is 5.23. The van der Waals surface area contributed by atoms with Gasteiger partial charge >= 0.3 is 0 Å². The quantitative estimate of drug-likeness (QED) is 0.517. The van der Waals surface area contributed by atoms with Crippen molar-refractivity contribution in [2.75, 3.05) is 11.6 Å². The third-order valence-corrected chi connectivity index (χ3v) is 2.62. The highest BCUT2D eigenvalue weighted by Crippen LogP contribution is 2.17. The first-order chi connectivity index (χ1) is 7.78. The van der Waals surface area contributed by atoms with E-state index in [1.165, 1.54) is 11.8 Å². The zero-order valence-electron chi connectivity index (χ0n) is 8.61. The van der Waals surface area contributed by atoms with Crippen LogP contribution in [0.4, 0.5) is 5.82 Å². The summed E-state index contributed by atoms with van der Waals surface area (Å²) in [5, 5.41) is 4.20. The van der Waals surface area contributed by atoms with E-state index in [0.717, 1.165) is 5.76 Å². The molecular formula is C10H10ClN3OS. The standard InChI is InChI=1S/C10H10ClN3OS/c1-16-10-13-8(11)5-9(14-10)12-6-7-3-2-4-15-7/h2-5H,6H2,1H3,(H,12,13,14). The van der Waals surface area contributed by atoms with Gasteiger partial charge in [0.2, 0.25) is 0 Å². The molecule has 0 bridgehead atoms. The zero-order chi connectivity index (χ0) is 11.4. The first kappa shape index (κ1) is 11.3. The molecule has 0 unspecified atom stereocenters. The average Bonchev–Trinajstić information content (AvgIpc) is 2.78. The van der Waals surface area contributed by atoms with Crippen LogP contribution >= 0.6 is 23.4 Å². The molecule has 0 aromatic carbocycles. The lowest BCUT2D eigenvalue weighted by Crippen LogP contribution is -2.01. The van der Waals surface area contributed by atoms with Crippen molar-refractivity contribution < 1.29 is 4.42 Å². The largest absolute Gasteiger partial charge is 0.467 e. The molecule has 0 spiro atoms. The van der Waals surface area contributed by atoms with Gasteiger partial charge in [-0.25, -0.2) is 9.97 Å². The van der Waals surface area contributed by atoms with Gasteiger partial charge in [0.05, 0.1) is 12.8 Å². The van der Waals surface area contributed by atoms with Crippen molar-refractivity contribution in [3.63, 3.8) is 0 Å². The van der Waals surface area contributed by atoms with Gasteiger partial charge in [-0.1, -0.05) is 23.4 Å². The van der Waals surface area contributed by atoms with Gasteiger partial charge in [0, 0.05) is 6.07 Å². The molecular weight excluding hydrogens is 246 g/mol. The third kappa shape index (κ3) is 2.90. The summed E-state index contributed by atoms with van der Waals surface area (Å²) in [7, 11) is 0. The smallest absolute Gasteiger partial charge is 0.190 e. The molecule has 0 amide bonds. The fourth-order valence-electron chi connectivity index (χ4n) is 1.17. The summed E-state index contributed by atoms with van der Waals surface area (Å²) in [5.41, 5.74) is 0. The normalized spacial score (nSPS) is 10.4. The van der Waals surface area contributed by atoms with Gasteiger partial charge in [-0.05, 0) is 18.4 Å². The fourth-order valence-corrected chi connectivity index (χ4v) is 1.78. The summed E-state index contributed by atoms with van der Waals surface area (Å²) in [6.07, 6.45) is 3.54. The molecule has 84 valence electrons. The van der Waals surface area contributed by atoms with Crippen LogP contribution < -0.4 is 5.32 Å². The van der Waals surface area contributed by atoms with Gasteiger partial charge in [-0.3, -0.25) is 0 Å². The van der Waals surface area contributed by atoms with E-state index in [0.29, 0.717) is 22.7 Å². The van der Waals surface area contributed by atoms with Crippen LogP contribution in [-0.4, -0.2) is 16.2 Å². The average molecular weight is 256 g/mol. The van der Waals surface area contributed by atoms with E-state index in [9.17, 15) is 0 Å². The number of rotatable bonds is 4. The van der Waals surface area contributed by atoms with Crippen LogP contribution in [0.3, 0.4) is 0 Å². The van der Waals surface area contributed by atoms with E-state index in [1.807, 2.05) is 18.4 Å². The highest BCUT2D eigenvalue weighted by Gasteiger charge is 2.02. The Morgan fingerprint density at radius 3 is 3.06 bits per heavy atom. The van der Waals surface area contributed by atoms with E-state index < -0.39 is 0 Å². The highest BCUT2D eigenvalue weighted by atomic mass is 35.5. The predicted molar refractivity (Wildman–Crippen MR) is 64.9 cm³/mol. The van der Waals surface area contributed by atoms with E-state index >= 15 is 0 Å². The van der Waals surface area contributed by atoms with Crippen LogP contribution in [0, 0.1) is 0 Å². The maximum atomic E-state index is 5.86. The van der Waals surface area contributed by atoms with Crippen LogP contribution in [0.1, 0.15) is 5.76 Å². The molecule has 0 atom stereocenters. The summed E-state index contributed by atoms with van der Waals surface area (Å²) < 4.78 is 5.20. The Labute approximate surface area is 102 Å². The second-order valence-electron chi connectivity index (χ2n) is 3.00. The van der Waals surface area contributed by atoms with Crippen molar-refractivity contribution in [1.82, 2.24) is 9.97 Å². The topological polar surface area (TPSA) is 51.0 Å². The summed E-state index contributed by atoms with van der Waals surface area (Å²) in [6.45, 7) is 0.578. The minimum absolute atomic E-state index is 0.432. The third-order valence-electron chi connectivity index (χ3n) is 1.88. The Hall–Kier alpha value is -1.20. The van der Waals surface area contributed by atoms with Gasteiger partial charge in [0.1, 0.15) is 16.7 Å². The molecule has 0 saturated carbocycles. The van der Waals surface area contributed by atoms with Gasteiger partial charge in [0.15, 0.2) is 5.16 Å². The second-order valence-corrected chi connectivity index (χ2v) is 4.16. The summed E-state index contributed by atoms with van der Waals surface area (Å²) in [5.74, 6) is 1.54. The van der Waals surface area contributed by atoms with Crippen LogP contribution in [0.25, 0.3) is 0 Å². The Kier molecular flexibility index (Phi) is 3.69. The summed E-state index contributed by atoms with van der Waals surface area (Å²) in [4.78, 5) is 8.32. The molecule has 0 saturated heterocycles. The number of thioether (sulfide) groups is 1. The van der Waals surface area contributed by atoms with Gasteiger partial charge in [0.25, 0.3) is 0 Å². The zero-order valence-corrected chi connectivity index (χ0v) is 10.2. The number of furan rings is 1. The van der Waals surface area contributed by atoms with Gasteiger partial charge in [-0.2, -0.15) is 0 Å². The Bertz CT molecular complexity index is 461. The van der Waals surface area contributed by atoms with Crippen LogP contribution in [0.2, 0.25) is 5.15 Å². The number of anilines is 1. The molecule has 2 heterocycles. The van der Waals surface area contributed by atoms with E-state index in [2.05, 4.69) is 15.3 Å². The maximum Gasteiger partial charge on any atom is 0.190 e. The van der Waals surface area contributed by atoms with Crippen molar-refractivity contribution in [3.05, 3.63) is 35.4 Å². The minimum Gasteiger partial charge on any atom is -0.467 e. The van der Waals surface area contributed by atoms with E-state index in [1.54, 1.807) is 12.3 Å². The van der Waals surface area contributed by atoms with Crippen LogP contribution in [-0.2, 0) is 6.54 Å². The Morgan fingerprint density at radius 2 is 2.38 bits per heavy atom. The van der Waals surface area contributed by atoms with Crippen molar-refractivity contribution in [2.24, 2.45) is 0 Å². The van der Waals surface area contributed by atoms with Crippen molar-refractivity contribution >= 4 is 29.2 Å².